The summed E-state index contributed by atoms with van der Waals surface area (Å²) in [6.07, 6.45) is -10.6. The molecule has 2 atom stereocenters. The second kappa shape index (κ2) is 6.78. The number of halogens is 8. The van der Waals surface area contributed by atoms with Crippen molar-refractivity contribution < 1.29 is 44.6 Å². The highest BCUT2D eigenvalue weighted by atomic mass is 19.4. The first-order valence-electron chi connectivity index (χ1n) is 5.69. The third kappa shape index (κ3) is 3.49. The Labute approximate surface area is 119 Å². The number of benzene rings is 1. The second-order valence-electron chi connectivity index (χ2n) is 4.21. The predicted octanol–water partition coefficient (Wildman–Crippen LogP) is 4.04. The minimum absolute atomic E-state index is 0.684. The predicted molar refractivity (Wildman–Crippen MR) is 57.5 cm³/mol. The topological polar surface area (TPSA) is 18.5 Å². The Bertz CT molecular complexity index is 514. The Morgan fingerprint density at radius 2 is 1.18 bits per heavy atom. The van der Waals surface area contributed by atoms with E-state index in [1.165, 1.54) is 0 Å². The number of hydrogen-bond acceptors (Lipinski definition) is 2. The number of alkyl halides is 3. The molecule has 2 unspecified atom stereocenters. The zero-order valence-electron chi connectivity index (χ0n) is 11.2. The van der Waals surface area contributed by atoms with Gasteiger partial charge < -0.3 is 9.47 Å². The van der Waals surface area contributed by atoms with E-state index in [9.17, 15) is 35.1 Å². The molecule has 0 aliphatic heterocycles. The summed E-state index contributed by atoms with van der Waals surface area (Å²) in [6, 6.07) is 0. The molecule has 22 heavy (non-hydrogen) atoms. The van der Waals surface area contributed by atoms with Crippen LogP contribution < -0.4 is 0 Å². The van der Waals surface area contributed by atoms with E-state index < -0.39 is 59.5 Å². The van der Waals surface area contributed by atoms with Crippen LogP contribution in [0, 0.1) is 29.1 Å². The standard InChI is InChI=1S/C12H10F8O2/c1-21-4(3-5(22-2)12(18,19)20)6-7(13)9(15)11(17)10(16)8(6)14/h4-5H,3H2,1-2H3. The molecule has 0 aliphatic carbocycles. The Morgan fingerprint density at radius 1 is 0.773 bits per heavy atom. The first kappa shape index (κ1) is 18.6. The van der Waals surface area contributed by atoms with Gasteiger partial charge in [0.2, 0.25) is 5.82 Å². The Balaban J connectivity index is 3.32. The van der Waals surface area contributed by atoms with Gasteiger partial charge in [-0.05, 0) is 0 Å². The fraction of sp³-hybridized carbons (Fsp3) is 0.500. The third-order valence-corrected chi connectivity index (χ3v) is 2.93. The minimum Gasteiger partial charge on any atom is -0.376 e. The molecule has 0 radical (unpaired) electrons. The van der Waals surface area contributed by atoms with E-state index in [2.05, 4.69) is 9.47 Å². The van der Waals surface area contributed by atoms with Crippen LogP contribution in [0.15, 0.2) is 0 Å². The van der Waals surface area contributed by atoms with E-state index in [4.69, 9.17) is 0 Å². The molecule has 0 fully saturated rings. The normalized spacial score (nSPS) is 15.0. The molecule has 0 amide bonds. The van der Waals surface area contributed by atoms with Crippen LogP contribution in [0.2, 0.25) is 0 Å². The molecule has 1 rings (SSSR count). The highest BCUT2D eigenvalue weighted by Crippen LogP contribution is 2.35. The van der Waals surface area contributed by atoms with Crippen LogP contribution in [-0.2, 0) is 9.47 Å². The maximum absolute atomic E-state index is 13.6. The molecule has 0 N–H and O–H groups in total. The number of rotatable bonds is 5. The number of methoxy groups -OCH3 is 2. The van der Waals surface area contributed by atoms with Crippen molar-refractivity contribution >= 4 is 0 Å². The van der Waals surface area contributed by atoms with Crippen LogP contribution in [0.5, 0.6) is 0 Å². The van der Waals surface area contributed by atoms with E-state index in [0.29, 0.717) is 7.11 Å². The lowest BCUT2D eigenvalue weighted by Crippen LogP contribution is -2.33. The van der Waals surface area contributed by atoms with E-state index >= 15 is 0 Å². The summed E-state index contributed by atoms with van der Waals surface area (Å²) >= 11 is 0. The van der Waals surface area contributed by atoms with Crippen LogP contribution in [0.3, 0.4) is 0 Å². The maximum Gasteiger partial charge on any atom is 0.414 e. The smallest absolute Gasteiger partial charge is 0.376 e. The first-order chi connectivity index (χ1) is 10.1. The van der Waals surface area contributed by atoms with Gasteiger partial charge in [-0.1, -0.05) is 0 Å². The van der Waals surface area contributed by atoms with E-state index in [0.717, 1.165) is 7.11 Å². The fourth-order valence-corrected chi connectivity index (χ4v) is 1.79. The van der Waals surface area contributed by atoms with Crippen LogP contribution in [-0.4, -0.2) is 26.5 Å². The molecule has 1 aromatic rings. The van der Waals surface area contributed by atoms with Gasteiger partial charge >= 0.3 is 6.18 Å². The van der Waals surface area contributed by atoms with Crippen molar-refractivity contribution in [3.8, 4) is 0 Å². The van der Waals surface area contributed by atoms with Crippen molar-refractivity contribution in [1.82, 2.24) is 0 Å². The number of hydrogen-bond donors (Lipinski definition) is 0. The fourth-order valence-electron chi connectivity index (χ4n) is 1.79. The molecule has 2 nitrogen and oxygen atoms in total. The van der Waals surface area contributed by atoms with Gasteiger partial charge in [-0.15, -0.1) is 0 Å². The monoisotopic (exact) mass is 338 g/mol. The Hall–Kier alpha value is -1.42. The van der Waals surface area contributed by atoms with Gasteiger partial charge in [0, 0.05) is 20.6 Å². The lowest BCUT2D eigenvalue weighted by atomic mass is 10.0. The Morgan fingerprint density at radius 3 is 1.50 bits per heavy atom. The summed E-state index contributed by atoms with van der Waals surface area (Å²) < 4.78 is 113. The van der Waals surface area contributed by atoms with Crippen LogP contribution >= 0.6 is 0 Å². The molecular weight excluding hydrogens is 328 g/mol. The average Bonchev–Trinajstić information content (AvgIpc) is 2.45. The van der Waals surface area contributed by atoms with Crippen molar-refractivity contribution in [2.24, 2.45) is 0 Å². The molecule has 126 valence electrons. The first-order valence-corrected chi connectivity index (χ1v) is 5.69. The van der Waals surface area contributed by atoms with Crippen molar-refractivity contribution in [2.75, 3.05) is 14.2 Å². The van der Waals surface area contributed by atoms with Gasteiger partial charge in [0.15, 0.2) is 29.4 Å². The second-order valence-corrected chi connectivity index (χ2v) is 4.21. The van der Waals surface area contributed by atoms with E-state index in [1.807, 2.05) is 0 Å². The Kier molecular flexibility index (Phi) is 5.74. The number of ether oxygens (including phenoxy) is 2. The highest BCUT2D eigenvalue weighted by molar-refractivity contribution is 5.26. The van der Waals surface area contributed by atoms with Gasteiger partial charge in [0.25, 0.3) is 0 Å². The highest BCUT2D eigenvalue weighted by Gasteiger charge is 2.43. The average molecular weight is 338 g/mol. The van der Waals surface area contributed by atoms with Crippen molar-refractivity contribution in [3.63, 3.8) is 0 Å². The zero-order chi connectivity index (χ0) is 17.2. The molecule has 0 aromatic heterocycles. The van der Waals surface area contributed by atoms with Crippen LogP contribution in [0.25, 0.3) is 0 Å². The SMILES string of the molecule is COC(CC(OC)C(F)(F)F)c1c(F)c(F)c(F)c(F)c1F. The summed E-state index contributed by atoms with van der Waals surface area (Å²) in [4.78, 5) is 0. The summed E-state index contributed by atoms with van der Waals surface area (Å²) in [6.45, 7) is 0. The lowest BCUT2D eigenvalue weighted by Gasteiger charge is -2.24. The third-order valence-electron chi connectivity index (χ3n) is 2.93. The summed E-state index contributed by atoms with van der Waals surface area (Å²) in [5.41, 5.74) is -1.48. The molecule has 0 saturated heterocycles. The molecular formula is C12H10F8O2. The van der Waals surface area contributed by atoms with Crippen molar-refractivity contribution in [2.45, 2.75) is 24.8 Å². The largest absolute Gasteiger partial charge is 0.414 e. The quantitative estimate of drug-likeness (QED) is 0.458. The molecule has 1 aromatic carbocycles. The van der Waals surface area contributed by atoms with Crippen molar-refractivity contribution in [3.05, 3.63) is 34.6 Å². The maximum atomic E-state index is 13.6. The molecule has 0 heterocycles. The lowest BCUT2D eigenvalue weighted by molar-refractivity contribution is -0.221. The summed E-state index contributed by atoms with van der Waals surface area (Å²) in [7, 11) is 1.45. The molecule has 0 saturated carbocycles. The summed E-state index contributed by atoms with van der Waals surface area (Å²) in [5.74, 6) is -11.4. The molecule has 0 spiro atoms. The zero-order valence-corrected chi connectivity index (χ0v) is 11.2. The van der Waals surface area contributed by atoms with E-state index in [1.54, 1.807) is 0 Å². The van der Waals surface area contributed by atoms with Gasteiger partial charge in [-0.2, -0.15) is 13.2 Å². The molecule has 0 bridgehead atoms. The van der Waals surface area contributed by atoms with Crippen molar-refractivity contribution in [1.29, 1.82) is 0 Å². The van der Waals surface area contributed by atoms with Crippen LogP contribution in [0.1, 0.15) is 18.1 Å². The minimum atomic E-state index is -4.91. The van der Waals surface area contributed by atoms with Gasteiger partial charge in [0.1, 0.15) is 0 Å². The summed E-state index contributed by atoms with van der Waals surface area (Å²) in [5, 5.41) is 0. The van der Waals surface area contributed by atoms with E-state index in [-0.39, 0.29) is 0 Å². The van der Waals surface area contributed by atoms with Gasteiger partial charge in [-0.3, -0.25) is 0 Å². The van der Waals surface area contributed by atoms with Gasteiger partial charge in [0.05, 0.1) is 11.7 Å². The van der Waals surface area contributed by atoms with Crippen LogP contribution in [0.4, 0.5) is 35.1 Å². The molecule has 10 heteroatoms. The van der Waals surface area contributed by atoms with Gasteiger partial charge in [-0.25, -0.2) is 22.0 Å². The molecule has 0 aliphatic rings.